The minimum atomic E-state index is -4.47. The Balaban J connectivity index is 1.54. The molecular weight excluding hydrogens is 419 g/mol. The van der Waals surface area contributed by atoms with Crippen LogP contribution in [0.1, 0.15) is 41.7 Å². The summed E-state index contributed by atoms with van der Waals surface area (Å²) in [7, 11) is -3.39. The van der Waals surface area contributed by atoms with Crippen LogP contribution in [-0.2, 0) is 16.4 Å². The molecule has 0 bridgehead atoms. The van der Waals surface area contributed by atoms with Crippen LogP contribution in [0.25, 0.3) is 0 Å². The minimum Gasteiger partial charge on any atom is -0.348 e. The largest absolute Gasteiger partial charge is 0.408 e. The maximum atomic E-state index is 12.6. The van der Waals surface area contributed by atoms with Crippen molar-refractivity contribution in [1.82, 2.24) is 15.1 Å². The molecule has 1 aliphatic carbocycles. The number of hydrogen-bond acceptors (Lipinski definition) is 4. The molecule has 1 saturated carbocycles. The van der Waals surface area contributed by atoms with Crippen molar-refractivity contribution in [2.24, 2.45) is 5.92 Å². The molecule has 1 heterocycles. The van der Waals surface area contributed by atoms with E-state index in [4.69, 9.17) is 0 Å². The van der Waals surface area contributed by atoms with E-state index in [2.05, 4.69) is 10.4 Å². The SMILES string of the molecule is Cc1cccc(S(=O)(=O)C[C@H]2CC[C@H](NC(=O)c3ccnn3CC(F)(F)F)CC2)c1. The lowest BCUT2D eigenvalue weighted by Gasteiger charge is -2.29. The summed E-state index contributed by atoms with van der Waals surface area (Å²) < 4.78 is 63.7. The van der Waals surface area contributed by atoms with E-state index in [1.807, 2.05) is 13.0 Å². The fourth-order valence-corrected chi connectivity index (χ4v) is 5.57. The highest BCUT2D eigenvalue weighted by Crippen LogP contribution is 2.28. The molecule has 6 nitrogen and oxygen atoms in total. The van der Waals surface area contributed by atoms with Gasteiger partial charge in [0.1, 0.15) is 12.2 Å². The molecule has 1 aromatic heterocycles. The third-order valence-electron chi connectivity index (χ3n) is 5.26. The summed E-state index contributed by atoms with van der Waals surface area (Å²) in [6.45, 7) is 0.514. The van der Waals surface area contributed by atoms with Crippen LogP contribution in [0, 0.1) is 12.8 Å². The zero-order valence-corrected chi connectivity index (χ0v) is 17.3. The van der Waals surface area contributed by atoms with Gasteiger partial charge >= 0.3 is 6.18 Å². The van der Waals surface area contributed by atoms with E-state index >= 15 is 0 Å². The van der Waals surface area contributed by atoms with Crippen LogP contribution in [0.5, 0.6) is 0 Å². The topological polar surface area (TPSA) is 81.1 Å². The van der Waals surface area contributed by atoms with Crippen LogP contribution < -0.4 is 5.32 Å². The van der Waals surface area contributed by atoms with Gasteiger partial charge in [0.2, 0.25) is 0 Å². The first-order valence-electron chi connectivity index (χ1n) is 9.72. The van der Waals surface area contributed by atoms with E-state index in [0.717, 1.165) is 11.8 Å². The lowest BCUT2D eigenvalue weighted by atomic mass is 9.87. The molecule has 10 heteroatoms. The summed E-state index contributed by atoms with van der Waals surface area (Å²) in [5.74, 6) is -0.567. The standard InChI is InChI=1S/C20H24F3N3O3S/c1-14-3-2-4-17(11-14)30(28,29)12-15-5-7-16(8-6-15)25-19(27)18-9-10-24-26(18)13-20(21,22)23/h2-4,9-11,15-16H,5-8,12-13H2,1H3,(H,25,27)/t15-,16-. The number of rotatable bonds is 6. The van der Waals surface area contributed by atoms with Crippen LogP contribution in [0.2, 0.25) is 0 Å². The van der Waals surface area contributed by atoms with Gasteiger partial charge in [-0.2, -0.15) is 18.3 Å². The molecule has 164 valence electrons. The summed E-state index contributed by atoms with van der Waals surface area (Å²) in [6.07, 6.45) is -0.911. The number of benzene rings is 1. The van der Waals surface area contributed by atoms with Crippen molar-refractivity contribution in [3.63, 3.8) is 0 Å². The summed E-state index contributed by atoms with van der Waals surface area (Å²) in [4.78, 5) is 12.7. The monoisotopic (exact) mass is 443 g/mol. The Morgan fingerprint density at radius 1 is 1.20 bits per heavy atom. The molecule has 0 spiro atoms. The third-order valence-corrected chi connectivity index (χ3v) is 7.15. The van der Waals surface area contributed by atoms with Crippen LogP contribution >= 0.6 is 0 Å². The number of sulfone groups is 1. The number of nitrogens with zero attached hydrogens (tertiary/aromatic N) is 2. The zero-order chi connectivity index (χ0) is 21.9. The first kappa shape index (κ1) is 22.3. The molecule has 0 aliphatic heterocycles. The van der Waals surface area contributed by atoms with Crippen molar-refractivity contribution in [3.8, 4) is 0 Å². The van der Waals surface area contributed by atoms with Gasteiger partial charge in [-0.3, -0.25) is 9.48 Å². The average molecular weight is 443 g/mol. The number of aryl methyl sites for hydroxylation is 1. The van der Waals surface area contributed by atoms with E-state index in [0.29, 0.717) is 35.3 Å². The van der Waals surface area contributed by atoms with Crippen LogP contribution in [0.4, 0.5) is 13.2 Å². The summed E-state index contributed by atoms with van der Waals surface area (Å²) in [6, 6.07) is 7.86. The smallest absolute Gasteiger partial charge is 0.348 e. The minimum absolute atomic E-state index is 0.0144. The Labute approximate surface area is 173 Å². The lowest BCUT2D eigenvalue weighted by Crippen LogP contribution is -2.39. The highest BCUT2D eigenvalue weighted by atomic mass is 32.2. The first-order valence-corrected chi connectivity index (χ1v) is 11.4. The highest BCUT2D eigenvalue weighted by Gasteiger charge is 2.31. The second kappa shape index (κ2) is 8.79. The maximum Gasteiger partial charge on any atom is 0.408 e. The summed E-state index contributed by atoms with van der Waals surface area (Å²) in [5, 5.41) is 6.33. The maximum absolute atomic E-state index is 12.6. The number of nitrogens with one attached hydrogen (secondary N) is 1. The van der Waals surface area contributed by atoms with E-state index < -0.39 is 28.5 Å². The molecule has 30 heavy (non-hydrogen) atoms. The zero-order valence-electron chi connectivity index (χ0n) is 16.5. The quantitative estimate of drug-likeness (QED) is 0.741. The molecule has 1 N–H and O–H groups in total. The average Bonchev–Trinajstić information content (AvgIpc) is 3.09. The van der Waals surface area contributed by atoms with E-state index in [1.54, 1.807) is 18.2 Å². The number of carbonyl (C=O) groups is 1. The van der Waals surface area contributed by atoms with Gasteiger partial charge in [-0.05, 0) is 62.3 Å². The van der Waals surface area contributed by atoms with Gasteiger partial charge in [-0.1, -0.05) is 12.1 Å². The predicted molar refractivity (Wildman–Crippen MR) is 105 cm³/mol. The number of halogens is 3. The van der Waals surface area contributed by atoms with Crippen LogP contribution in [0.3, 0.4) is 0 Å². The van der Waals surface area contributed by atoms with E-state index in [9.17, 15) is 26.4 Å². The fraction of sp³-hybridized carbons (Fsp3) is 0.500. The van der Waals surface area contributed by atoms with Crippen molar-refractivity contribution in [2.75, 3.05) is 5.75 Å². The molecule has 0 saturated heterocycles. The Kier molecular flexibility index (Phi) is 6.54. The second-order valence-electron chi connectivity index (χ2n) is 7.78. The molecular formula is C20H24F3N3O3S. The molecule has 1 aliphatic rings. The Hall–Kier alpha value is -2.36. The first-order chi connectivity index (χ1) is 14.0. The second-order valence-corrected chi connectivity index (χ2v) is 9.81. The molecule has 0 unspecified atom stereocenters. The molecule has 1 amide bonds. The molecule has 3 rings (SSSR count). The molecule has 1 fully saturated rings. The summed E-state index contributed by atoms with van der Waals surface area (Å²) >= 11 is 0. The van der Waals surface area contributed by atoms with Crippen LogP contribution in [-0.4, -0.2) is 42.1 Å². The fourth-order valence-electron chi connectivity index (χ4n) is 3.77. The Morgan fingerprint density at radius 2 is 1.90 bits per heavy atom. The van der Waals surface area contributed by atoms with Crippen molar-refractivity contribution in [3.05, 3.63) is 47.8 Å². The van der Waals surface area contributed by atoms with Gasteiger partial charge in [0.15, 0.2) is 9.84 Å². The van der Waals surface area contributed by atoms with E-state index in [-0.39, 0.29) is 23.4 Å². The van der Waals surface area contributed by atoms with Crippen molar-refractivity contribution < 1.29 is 26.4 Å². The number of amides is 1. The number of hydrogen-bond donors (Lipinski definition) is 1. The summed E-state index contributed by atoms with van der Waals surface area (Å²) in [5.41, 5.74) is 0.740. The highest BCUT2D eigenvalue weighted by molar-refractivity contribution is 7.91. The van der Waals surface area contributed by atoms with Gasteiger partial charge in [0, 0.05) is 12.2 Å². The van der Waals surface area contributed by atoms with Crippen molar-refractivity contribution in [1.29, 1.82) is 0 Å². The molecule has 2 aromatic rings. The van der Waals surface area contributed by atoms with Gasteiger partial charge in [0.05, 0.1) is 10.6 Å². The van der Waals surface area contributed by atoms with Crippen LogP contribution in [0.15, 0.2) is 41.4 Å². The predicted octanol–water partition coefficient (Wildman–Crippen LogP) is 3.52. The normalized spacial score (nSPS) is 20.1. The molecule has 0 radical (unpaired) electrons. The van der Waals surface area contributed by atoms with Crippen molar-refractivity contribution in [2.45, 2.75) is 56.3 Å². The van der Waals surface area contributed by atoms with Gasteiger partial charge in [0.25, 0.3) is 5.91 Å². The van der Waals surface area contributed by atoms with Gasteiger partial charge in [-0.15, -0.1) is 0 Å². The molecule has 0 atom stereocenters. The number of carbonyl (C=O) groups excluding carboxylic acids is 1. The van der Waals surface area contributed by atoms with E-state index in [1.165, 1.54) is 6.07 Å². The molecule has 1 aromatic carbocycles. The Bertz CT molecular complexity index is 994. The van der Waals surface area contributed by atoms with Gasteiger partial charge in [-0.25, -0.2) is 8.42 Å². The third kappa shape index (κ3) is 5.84. The number of alkyl halides is 3. The number of aromatic nitrogens is 2. The van der Waals surface area contributed by atoms with Crippen molar-refractivity contribution >= 4 is 15.7 Å². The lowest BCUT2D eigenvalue weighted by molar-refractivity contribution is -0.142. The van der Waals surface area contributed by atoms with Gasteiger partial charge < -0.3 is 5.32 Å². The Morgan fingerprint density at radius 3 is 2.53 bits per heavy atom.